The van der Waals surface area contributed by atoms with Crippen LogP contribution in [0.2, 0.25) is 0 Å². The van der Waals surface area contributed by atoms with Gasteiger partial charge in [-0.1, -0.05) is 5.16 Å². The van der Waals surface area contributed by atoms with Gasteiger partial charge in [0.2, 0.25) is 0 Å². The van der Waals surface area contributed by atoms with Crippen LogP contribution in [0.1, 0.15) is 17.1 Å². The van der Waals surface area contributed by atoms with Crippen molar-refractivity contribution in [1.82, 2.24) is 14.7 Å². The molecule has 0 saturated heterocycles. The van der Waals surface area contributed by atoms with Gasteiger partial charge in [0.15, 0.2) is 5.43 Å². The number of rotatable bonds is 2. The lowest BCUT2D eigenvalue weighted by molar-refractivity contribution is 0.393. The van der Waals surface area contributed by atoms with Crippen LogP contribution in [0.5, 0.6) is 0 Å². The summed E-state index contributed by atoms with van der Waals surface area (Å²) in [5.74, 6) is -0.829. The van der Waals surface area contributed by atoms with Crippen LogP contribution >= 0.6 is 0 Å². The third-order valence-electron chi connectivity index (χ3n) is 4.49. The number of hydrogen-bond acceptors (Lipinski definition) is 4. The number of nitrogens with zero attached hydrogens (tertiary/aromatic N) is 3. The molecule has 0 spiro atoms. The number of benzene rings is 1. The van der Waals surface area contributed by atoms with Gasteiger partial charge in [0.1, 0.15) is 23.0 Å². The SMILES string of the molecule is Cc1noc(C)c1-c1ccc2c(=O)cc(C)n(-c3ccc(F)cc3F)c2n1. The Kier molecular flexibility index (Phi) is 3.87. The van der Waals surface area contributed by atoms with E-state index in [1.807, 2.05) is 0 Å². The first kappa shape index (κ1) is 17.1. The molecule has 0 aliphatic rings. The number of pyridine rings is 2. The normalized spacial score (nSPS) is 11.3. The topological polar surface area (TPSA) is 60.9 Å². The highest BCUT2D eigenvalue weighted by Crippen LogP contribution is 2.28. The molecule has 0 saturated carbocycles. The lowest BCUT2D eigenvalue weighted by Gasteiger charge is -2.15. The van der Waals surface area contributed by atoms with E-state index in [0.717, 1.165) is 11.6 Å². The fourth-order valence-corrected chi connectivity index (χ4v) is 3.26. The summed E-state index contributed by atoms with van der Waals surface area (Å²) in [5, 5.41) is 4.26. The van der Waals surface area contributed by atoms with E-state index in [9.17, 15) is 13.6 Å². The Labute approximate surface area is 152 Å². The van der Waals surface area contributed by atoms with Crippen LogP contribution in [0.4, 0.5) is 8.78 Å². The second kappa shape index (κ2) is 6.12. The Bertz CT molecular complexity index is 1240. The zero-order valence-corrected chi connectivity index (χ0v) is 14.9. The van der Waals surface area contributed by atoms with E-state index < -0.39 is 11.6 Å². The summed E-state index contributed by atoms with van der Waals surface area (Å²) in [6, 6.07) is 8.05. The maximum Gasteiger partial charge on any atom is 0.191 e. The number of hydrogen-bond donors (Lipinski definition) is 0. The summed E-state index contributed by atoms with van der Waals surface area (Å²) in [7, 11) is 0. The lowest BCUT2D eigenvalue weighted by Crippen LogP contribution is -2.13. The molecule has 7 heteroatoms. The van der Waals surface area contributed by atoms with Crippen LogP contribution in [0, 0.1) is 32.4 Å². The van der Waals surface area contributed by atoms with Crippen molar-refractivity contribution in [2.75, 3.05) is 0 Å². The van der Waals surface area contributed by atoms with Crippen molar-refractivity contribution in [3.05, 3.63) is 75.4 Å². The van der Waals surface area contributed by atoms with Crippen molar-refractivity contribution in [2.24, 2.45) is 0 Å². The van der Waals surface area contributed by atoms with Crippen molar-refractivity contribution >= 4 is 11.0 Å². The van der Waals surface area contributed by atoms with Gasteiger partial charge in [0.25, 0.3) is 0 Å². The largest absolute Gasteiger partial charge is 0.361 e. The van der Waals surface area contributed by atoms with Gasteiger partial charge in [0.05, 0.1) is 28.0 Å². The van der Waals surface area contributed by atoms with Gasteiger partial charge < -0.3 is 4.52 Å². The highest BCUT2D eigenvalue weighted by Gasteiger charge is 2.17. The third-order valence-corrected chi connectivity index (χ3v) is 4.49. The predicted molar refractivity (Wildman–Crippen MR) is 97.0 cm³/mol. The Balaban J connectivity index is 2.09. The van der Waals surface area contributed by atoms with Crippen molar-refractivity contribution in [2.45, 2.75) is 20.8 Å². The fraction of sp³-hybridized carbons (Fsp3) is 0.150. The van der Waals surface area contributed by atoms with E-state index in [2.05, 4.69) is 10.1 Å². The summed E-state index contributed by atoms with van der Waals surface area (Å²) in [6.07, 6.45) is 0. The fourth-order valence-electron chi connectivity index (χ4n) is 3.26. The molecule has 5 nitrogen and oxygen atoms in total. The third kappa shape index (κ3) is 2.71. The summed E-state index contributed by atoms with van der Waals surface area (Å²) in [5.41, 5.74) is 2.59. The molecule has 0 fully saturated rings. The van der Waals surface area contributed by atoms with Gasteiger partial charge in [-0.2, -0.15) is 0 Å². The second-order valence-corrected chi connectivity index (χ2v) is 6.35. The van der Waals surface area contributed by atoms with Gasteiger partial charge in [-0.15, -0.1) is 0 Å². The van der Waals surface area contributed by atoms with E-state index in [0.29, 0.717) is 28.2 Å². The van der Waals surface area contributed by atoms with E-state index >= 15 is 0 Å². The quantitative estimate of drug-likeness (QED) is 0.532. The van der Waals surface area contributed by atoms with Gasteiger partial charge >= 0.3 is 0 Å². The zero-order chi connectivity index (χ0) is 19.3. The molecule has 3 heterocycles. The van der Waals surface area contributed by atoms with Crippen LogP contribution in [-0.2, 0) is 0 Å². The van der Waals surface area contributed by atoms with E-state index in [-0.39, 0.29) is 16.8 Å². The lowest BCUT2D eigenvalue weighted by atomic mass is 10.1. The van der Waals surface area contributed by atoms with Gasteiger partial charge in [-0.3, -0.25) is 9.36 Å². The molecular weight excluding hydrogens is 352 g/mol. The number of fused-ring (bicyclic) bond motifs is 1. The van der Waals surface area contributed by atoms with E-state index in [1.54, 1.807) is 32.9 Å². The Hall–Kier alpha value is -3.35. The summed E-state index contributed by atoms with van der Waals surface area (Å²) < 4.78 is 34.5. The van der Waals surface area contributed by atoms with Crippen LogP contribution in [-0.4, -0.2) is 14.7 Å². The highest BCUT2D eigenvalue weighted by atomic mass is 19.1. The Morgan fingerprint density at radius 3 is 2.48 bits per heavy atom. The smallest absolute Gasteiger partial charge is 0.191 e. The molecular formula is C20H15F2N3O2. The molecule has 0 bridgehead atoms. The minimum Gasteiger partial charge on any atom is -0.361 e. The zero-order valence-electron chi connectivity index (χ0n) is 14.9. The van der Waals surface area contributed by atoms with Gasteiger partial charge in [-0.25, -0.2) is 13.8 Å². The highest BCUT2D eigenvalue weighted by molar-refractivity contribution is 5.81. The maximum atomic E-state index is 14.5. The molecule has 0 unspecified atom stereocenters. The first-order valence-electron chi connectivity index (χ1n) is 8.29. The minimum absolute atomic E-state index is 0.113. The van der Waals surface area contributed by atoms with Crippen LogP contribution < -0.4 is 5.43 Å². The number of halogens is 2. The number of aryl methyl sites for hydroxylation is 3. The Morgan fingerprint density at radius 2 is 1.81 bits per heavy atom. The van der Waals surface area contributed by atoms with Crippen molar-refractivity contribution < 1.29 is 13.3 Å². The predicted octanol–water partition coefficient (Wildman–Crippen LogP) is 4.24. The standard InChI is InChI=1S/C20H15F2N3O2/c1-10-8-18(26)14-5-6-16(19-11(2)24-27-12(19)3)23-20(14)25(10)17-7-4-13(21)9-15(17)22/h4-9H,1-3H3. The van der Waals surface area contributed by atoms with Crippen molar-refractivity contribution in [1.29, 1.82) is 0 Å². The average molecular weight is 367 g/mol. The average Bonchev–Trinajstić information content (AvgIpc) is 2.94. The molecule has 4 aromatic rings. The molecule has 0 aliphatic carbocycles. The van der Waals surface area contributed by atoms with Crippen molar-refractivity contribution in [3.8, 4) is 16.9 Å². The minimum atomic E-state index is -0.743. The Morgan fingerprint density at radius 1 is 1.04 bits per heavy atom. The summed E-state index contributed by atoms with van der Waals surface area (Å²) in [6.45, 7) is 5.23. The van der Waals surface area contributed by atoms with Crippen LogP contribution in [0.15, 0.2) is 45.7 Å². The molecule has 0 aliphatic heterocycles. The first-order chi connectivity index (χ1) is 12.9. The number of aromatic nitrogens is 3. The second-order valence-electron chi connectivity index (χ2n) is 6.35. The molecule has 136 valence electrons. The molecule has 1 aromatic carbocycles. The van der Waals surface area contributed by atoms with Gasteiger partial charge in [0, 0.05) is 17.8 Å². The maximum absolute atomic E-state index is 14.5. The van der Waals surface area contributed by atoms with E-state index in [1.165, 1.54) is 22.8 Å². The molecule has 3 aromatic heterocycles. The first-order valence-corrected chi connectivity index (χ1v) is 8.29. The molecule has 27 heavy (non-hydrogen) atoms. The molecule has 4 rings (SSSR count). The summed E-state index contributed by atoms with van der Waals surface area (Å²) in [4.78, 5) is 17.0. The van der Waals surface area contributed by atoms with Crippen LogP contribution in [0.25, 0.3) is 28.0 Å². The molecule has 0 N–H and O–H groups in total. The van der Waals surface area contributed by atoms with Gasteiger partial charge in [-0.05, 0) is 45.0 Å². The molecule has 0 radical (unpaired) electrons. The summed E-state index contributed by atoms with van der Waals surface area (Å²) >= 11 is 0. The van der Waals surface area contributed by atoms with Crippen molar-refractivity contribution in [3.63, 3.8) is 0 Å². The van der Waals surface area contributed by atoms with Crippen LogP contribution in [0.3, 0.4) is 0 Å². The molecule has 0 amide bonds. The monoisotopic (exact) mass is 367 g/mol. The van der Waals surface area contributed by atoms with E-state index in [4.69, 9.17) is 4.52 Å². The molecule has 0 atom stereocenters.